The van der Waals surface area contributed by atoms with Crippen molar-refractivity contribution >= 4 is 27.7 Å². The Labute approximate surface area is 130 Å². The van der Waals surface area contributed by atoms with E-state index in [0.29, 0.717) is 28.9 Å². The zero-order chi connectivity index (χ0) is 16.0. The first-order chi connectivity index (χ1) is 11.1. The average Bonchev–Trinajstić information content (AvgIpc) is 3.13. The average molecular weight is 311 g/mol. The summed E-state index contributed by atoms with van der Waals surface area (Å²) >= 11 is 0. The zero-order valence-electron chi connectivity index (χ0n) is 12.4. The summed E-state index contributed by atoms with van der Waals surface area (Å²) in [6.45, 7) is 0.290. The Hall–Kier alpha value is -3.02. The lowest BCUT2D eigenvalue weighted by molar-refractivity contribution is 0.528. The molecule has 5 nitrogen and oxygen atoms in total. The Kier molecular flexibility index (Phi) is 2.97. The maximum atomic E-state index is 14.2. The number of benzene rings is 2. The van der Waals surface area contributed by atoms with Crippen LogP contribution in [0.1, 0.15) is 5.56 Å². The van der Waals surface area contributed by atoms with Gasteiger partial charge in [0, 0.05) is 36.3 Å². The van der Waals surface area contributed by atoms with E-state index in [-0.39, 0.29) is 5.82 Å². The fourth-order valence-corrected chi connectivity index (χ4v) is 2.82. The molecule has 0 saturated carbocycles. The number of aromatic nitrogens is 2. The quantitative estimate of drug-likeness (QED) is 0.610. The van der Waals surface area contributed by atoms with Crippen LogP contribution in [0.3, 0.4) is 0 Å². The van der Waals surface area contributed by atoms with E-state index in [1.807, 2.05) is 12.1 Å². The van der Waals surface area contributed by atoms with E-state index in [2.05, 4.69) is 10.3 Å². The van der Waals surface area contributed by atoms with Gasteiger partial charge in [0.2, 0.25) is 0 Å². The van der Waals surface area contributed by atoms with Crippen molar-refractivity contribution in [1.29, 1.82) is 0 Å². The van der Waals surface area contributed by atoms with E-state index in [4.69, 9.17) is 4.42 Å². The molecule has 0 atom stereocenters. The van der Waals surface area contributed by atoms with Gasteiger partial charge in [-0.05, 0) is 30.3 Å². The lowest BCUT2D eigenvalue weighted by Crippen LogP contribution is -2.08. The molecule has 2 aromatic heterocycles. The highest BCUT2D eigenvalue weighted by molar-refractivity contribution is 5.87. The summed E-state index contributed by atoms with van der Waals surface area (Å²) in [6, 6.07) is 10.4. The molecule has 0 radical (unpaired) electrons. The van der Waals surface area contributed by atoms with Crippen molar-refractivity contribution in [3.05, 3.63) is 64.5 Å². The minimum absolute atomic E-state index is 0.272. The van der Waals surface area contributed by atoms with Crippen molar-refractivity contribution in [2.45, 2.75) is 6.54 Å². The van der Waals surface area contributed by atoms with Gasteiger partial charge in [-0.3, -0.25) is 4.57 Å². The van der Waals surface area contributed by atoms with E-state index in [0.717, 1.165) is 10.9 Å². The van der Waals surface area contributed by atoms with Gasteiger partial charge in [0.1, 0.15) is 5.82 Å². The molecule has 4 rings (SSSR count). The molecule has 2 heterocycles. The first-order valence-electron chi connectivity index (χ1n) is 7.22. The molecule has 116 valence electrons. The van der Waals surface area contributed by atoms with E-state index >= 15 is 0 Å². The molecular weight excluding hydrogens is 297 g/mol. The smallest absolute Gasteiger partial charge is 0.405 e. The van der Waals surface area contributed by atoms with Gasteiger partial charge in [-0.2, -0.15) is 0 Å². The van der Waals surface area contributed by atoms with Crippen LogP contribution >= 0.6 is 0 Å². The molecule has 23 heavy (non-hydrogen) atoms. The van der Waals surface area contributed by atoms with Crippen LogP contribution in [-0.4, -0.2) is 9.55 Å². The van der Waals surface area contributed by atoms with E-state index in [1.54, 1.807) is 31.4 Å². The second-order valence-electron chi connectivity index (χ2n) is 5.40. The summed E-state index contributed by atoms with van der Waals surface area (Å²) in [6.07, 6.45) is 1.78. The number of aryl methyl sites for hydroxylation is 1. The number of halogens is 1. The SMILES string of the molecule is Cn1c(=O)oc2c(NCc3c(F)ccc4[nH]ccc34)cccc21. The summed E-state index contributed by atoms with van der Waals surface area (Å²) in [5.74, 6) is -0.695. The van der Waals surface area contributed by atoms with Crippen LogP contribution in [0.2, 0.25) is 0 Å². The summed E-state index contributed by atoms with van der Waals surface area (Å²) in [7, 11) is 1.65. The molecule has 0 fully saturated rings. The first kappa shape index (κ1) is 13.6. The highest BCUT2D eigenvalue weighted by Gasteiger charge is 2.12. The van der Waals surface area contributed by atoms with Crippen molar-refractivity contribution in [1.82, 2.24) is 9.55 Å². The molecule has 2 N–H and O–H groups in total. The van der Waals surface area contributed by atoms with Crippen LogP contribution in [-0.2, 0) is 13.6 Å². The van der Waals surface area contributed by atoms with Gasteiger partial charge in [-0.25, -0.2) is 9.18 Å². The van der Waals surface area contributed by atoms with Gasteiger partial charge in [-0.1, -0.05) is 6.07 Å². The molecule has 0 amide bonds. The number of anilines is 1. The molecular formula is C17H14FN3O2. The molecule has 2 aromatic carbocycles. The lowest BCUT2D eigenvalue weighted by Gasteiger charge is -2.09. The maximum absolute atomic E-state index is 14.2. The van der Waals surface area contributed by atoms with Crippen molar-refractivity contribution in [2.75, 3.05) is 5.32 Å². The fourth-order valence-electron chi connectivity index (χ4n) is 2.82. The third-order valence-electron chi connectivity index (χ3n) is 4.06. The Balaban J connectivity index is 1.74. The van der Waals surface area contributed by atoms with Gasteiger partial charge >= 0.3 is 5.76 Å². The number of nitrogens with one attached hydrogen (secondary N) is 2. The van der Waals surface area contributed by atoms with E-state index in [9.17, 15) is 9.18 Å². The number of hydrogen-bond acceptors (Lipinski definition) is 3. The Morgan fingerprint density at radius 1 is 1.26 bits per heavy atom. The van der Waals surface area contributed by atoms with Crippen LogP contribution in [0.5, 0.6) is 0 Å². The standard InChI is InChI=1S/C17H14FN3O2/c1-21-15-4-2-3-14(16(15)23-17(21)22)20-9-11-10-7-8-19-13(10)6-5-12(11)18/h2-8,19-20H,9H2,1H3. The third kappa shape index (κ3) is 2.11. The van der Waals surface area contributed by atoms with Gasteiger partial charge in [-0.15, -0.1) is 0 Å². The molecule has 6 heteroatoms. The number of fused-ring (bicyclic) bond motifs is 2. The summed E-state index contributed by atoms with van der Waals surface area (Å²) in [5.41, 5.74) is 3.28. The van der Waals surface area contributed by atoms with E-state index < -0.39 is 5.76 Å². The highest BCUT2D eigenvalue weighted by Crippen LogP contribution is 2.25. The van der Waals surface area contributed by atoms with Gasteiger partial charge in [0.05, 0.1) is 11.2 Å². The zero-order valence-corrected chi connectivity index (χ0v) is 12.4. The number of hydrogen-bond donors (Lipinski definition) is 2. The second-order valence-corrected chi connectivity index (χ2v) is 5.40. The predicted molar refractivity (Wildman–Crippen MR) is 87.0 cm³/mol. The molecule has 0 aliphatic carbocycles. The molecule has 0 saturated heterocycles. The Morgan fingerprint density at radius 2 is 2.13 bits per heavy atom. The fraction of sp³-hybridized carbons (Fsp3) is 0.118. The van der Waals surface area contributed by atoms with Crippen LogP contribution in [0.25, 0.3) is 22.0 Å². The minimum Gasteiger partial charge on any atom is -0.405 e. The first-order valence-corrected chi connectivity index (χ1v) is 7.22. The van der Waals surface area contributed by atoms with Crippen molar-refractivity contribution in [3.63, 3.8) is 0 Å². The summed E-state index contributed by atoms with van der Waals surface area (Å²) < 4.78 is 20.9. The monoisotopic (exact) mass is 311 g/mol. The number of para-hydroxylation sites is 1. The number of nitrogens with zero attached hydrogens (tertiary/aromatic N) is 1. The van der Waals surface area contributed by atoms with Gasteiger partial charge in [0.15, 0.2) is 5.58 Å². The topological polar surface area (TPSA) is 63.0 Å². The molecule has 0 spiro atoms. The molecule has 4 aromatic rings. The number of H-pyrrole nitrogens is 1. The molecule has 0 aliphatic heterocycles. The maximum Gasteiger partial charge on any atom is 0.419 e. The summed E-state index contributed by atoms with van der Waals surface area (Å²) in [4.78, 5) is 14.7. The van der Waals surface area contributed by atoms with Gasteiger partial charge in [0.25, 0.3) is 0 Å². The van der Waals surface area contributed by atoms with Gasteiger partial charge < -0.3 is 14.7 Å². The van der Waals surface area contributed by atoms with Crippen molar-refractivity contribution in [2.24, 2.45) is 7.05 Å². The minimum atomic E-state index is -0.423. The lowest BCUT2D eigenvalue weighted by atomic mass is 10.1. The Morgan fingerprint density at radius 3 is 3.00 bits per heavy atom. The molecule has 0 aliphatic rings. The predicted octanol–water partition coefficient (Wildman–Crippen LogP) is 3.36. The second kappa shape index (κ2) is 5.01. The third-order valence-corrected chi connectivity index (χ3v) is 4.06. The molecule has 0 bridgehead atoms. The highest BCUT2D eigenvalue weighted by atomic mass is 19.1. The van der Waals surface area contributed by atoms with Crippen LogP contribution in [0.4, 0.5) is 10.1 Å². The number of rotatable bonds is 3. The van der Waals surface area contributed by atoms with Crippen molar-refractivity contribution < 1.29 is 8.81 Å². The van der Waals surface area contributed by atoms with Crippen LogP contribution in [0, 0.1) is 5.82 Å². The number of aromatic amines is 1. The van der Waals surface area contributed by atoms with Crippen LogP contribution in [0.15, 0.2) is 51.8 Å². The number of oxazole rings is 1. The molecule has 0 unspecified atom stereocenters. The largest absolute Gasteiger partial charge is 0.419 e. The summed E-state index contributed by atoms with van der Waals surface area (Å²) in [5, 5.41) is 4.00. The van der Waals surface area contributed by atoms with Crippen LogP contribution < -0.4 is 11.1 Å². The van der Waals surface area contributed by atoms with E-state index in [1.165, 1.54) is 10.6 Å². The Bertz CT molecular complexity index is 1070. The van der Waals surface area contributed by atoms with Crippen molar-refractivity contribution in [3.8, 4) is 0 Å². The normalized spacial score (nSPS) is 11.4.